The van der Waals surface area contributed by atoms with E-state index < -0.39 is 0 Å². The van der Waals surface area contributed by atoms with Crippen molar-refractivity contribution in [3.63, 3.8) is 0 Å². The van der Waals surface area contributed by atoms with E-state index in [1.54, 1.807) is 6.92 Å². The fourth-order valence-electron chi connectivity index (χ4n) is 3.11. The molecule has 0 aliphatic carbocycles. The summed E-state index contributed by atoms with van der Waals surface area (Å²) in [5.41, 5.74) is 1.77. The normalized spacial score (nSPS) is 21.3. The van der Waals surface area contributed by atoms with E-state index in [9.17, 15) is 14.4 Å². The summed E-state index contributed by atoms with van der Waals surface area (Å²) in [6.45, 7) is 4.37. The average molecular weight is 315 g/mol. The molecule has 1 aromatic carbocycles. The first-order valence-electron chi connectivity index (χ1n) is 7.99. The Balaban J connectivity index is 1.56. The average Bonchev–Trinajstić information content (AvgIpc) is 3.01. The number of Topliss-reactive ketones (excluding diaryl/α,β-unsaturated/α-hetero) is 1. The lowest BCUT2D eigenvalue weighted by Gasteiger charge is -2.37. The van der Waals surface area contributed by atoms with Crippen LogP contribution < -0.4 is 10.2 Å². The molecule has 23 heavy (non-hydrogen) atoms. The summed E-state index contributed by atoms with van der Waals surface area (Å²) >= 11 is 0. The maximum atomic E-state index is 12.4. The molecule has 0 radical (unpaired) electrons. The molecule has 6 heteroatoms. The number of hydrogen-bond acceptors (Lipinski definition) is 4. The fraction of sp³-hybridized carbons (Fsp3) is 0.471. The number of amides is 2. The Hall–Kier alpha value is -2.37. The fourth-order valence-corrected chi connectivity index (χ4v) is 3.11. The molecule has 2 amide bonds. The number of carbonyl (C=O) groups excluding carboxylic acids is 3. The zero-order chi connectivity index (χ0) is 16.4. The van der Waals surface area contributed by atoms with E-state index in [2.05, 4.69) is 10.2 Å². The minimum absolute atomic E-state index is 0.0300. The van der Waals surface area contributed by atoms with Gasteiger partial charge in [0.25, 0.3) is 0 Å². The maximum Gasteiger partial charge on any atom is 0.245 e. The number of nitrogens with one attached hydrogen (secondary N) is 1. The second-order valence-corrected chi connectivity index (χ2v) is 6.07. The van der Waals surface area contributed by atoms with E-state index in [4.69, 9.17) is 0 Å². The summed E-state index contributed by atoms with van der Waals surface area (Å²) < 4.78 is 0. The first-order valence-corrected chi connectivity index (χ1v) is 7.99. The highest BCUT2D eigenvalue weighted by molar-refractivity contribution is 5.94. The molecule has 1 unspecified atom stereocenters. The van der Waals surface area contributed by atoms with Gasteiger partial charge in [0.15, 0.2) is 5.78 Å². The SMILES string of the molecule is CC(=O)c1ccc(N2CCN(C(=O)C3CCC(=O)N3)CC2)cc1. The highest BCUT2D eigenvalue weighted by Crippen LogP contribution is 2.19. The van der Waals surface area contributed by atoms with Gasteiger partial charge in [-0.3, -0.25) is 14.4 Å². The van der Waals surface area contributed by atoms with Crippen LogP contribution in [-0.4, -0.2) is 54.7 Å². The van der Waals surface area contributed by atoms with Crippen LogP contribution in [0.1, 0.15) is 30.1 Å². The Bertz CT molecular complexity index is 618. The minimum atomic E-state index is -0.344. The smallest absolute Gasteiger partial charge is 0.245 e. The zero-order valence-electron chi connectivity index (χ0n) is 13.2. The van der Waals surface area contributed by atoms with Gasteiger partial charge in [-0.2, -0.15) is 0 Å². The van der Waals surface area contributed by atoms with Crippen LogP contribution in [0.15, 0.2) is 24.3 Å². The van der Waals surface area contributed by atoms with Gasteiger partial charge in [-0.05, 0) is 37.6 Å². The zero-order valence-corrected chi connectivity index (χ0v) is 13.2. The lowest BCUT2D eigenvalue weighted by molar-refractivity contribution is -0.134. The lowest BCUT2D eigenvalue weighted by atomic mass is 10.1. The molecule has 0 bridgehead atoms. The molecule has 122 valence electrons. The highest BCUT2D eigenvalue weighted by Gasteiger charge is 2.32. The summed E-state index contributed by atoms with van der Waals surface area (Å²) in [5.74, 6) is 0.0561. The molecule has 1 aromatic rings. The quantitative estimate of drug-likeness (QED) is 0.838. The van der Waals surface area contributed by atoms with Crippen molar-refractivity contribution in [2.24, 2.45) is 0 Å². The predicted octanol–water partition coefficient (Wildman–Crippen LogP) is 0.816. The Kier molecular flexibility index (Phi) is 4.32. The van der Waals surface area contributed by atoms with Gasteiger partial charge in [0.05, 0.1) is 0 Å². The second kappa shape index (κ2) is 6.40. The molecule has 6 nitrogen and oxygen atoms in total. The van der Waals surface area contributed by atoms with Crippen molar-refractivity contribution < 1.29 is 14.4 Å². The van der Waals surface area contributed by atoms with Crippen molar-refractivity contribution in [3.05, 3.63) is 29.8 Å². The molecule has 0 saturated carbocycles. The van der Waals surface area contributed by atoms with E-state index in [1.807, 2.05) is 29.2 Å². The minimum Gasteiger partial charge on any atom is -0.368 e. The predicted molar refractivity (Wildman–Crippen MR) is 86.4 cm³/mol. The van der Waals surface area contributed by atoms with Gasteiger partial charge >= 0.3 is 0 Å². The third-order valence-electron chi connectivity index (χ3n) is 4.52. The van der Waals surface area contributed by atoms with Crippen LogP contribution >= 0.6 is 0 Å². The molecular formula is C17H21N3O3. The van der Waals surface area contributed by atoms with Crippen LogP contribution in [-0.2, 0) is 9.59 Å². The molecule has 2 heterocycles. The van der Waals surface area contributed by atoms with Gasteiger partial charge in [-0.1, -0.05) is 0 Å². The number of nitrogens with zero attached hydrogens (tertiary/aromatic N) is 2. The van der Waals surface area contributed by atoms with Crippen LogP contribution in [0.2, 0.25) is 0 Å². The van der Waals surface area contributed by atoms with Crippen LogP contribution in [0.25, 0.3) is 0 Å². The first kappa shape index (κ1) is 15.5. The van der Waals surface area contributed by atoms with Gasteiger partial charge in [-0.15, -0.1) is 0 Å². The third kappa shape index (κ3) is 3.36. The summed E-state index contributed by atoms with van der Waals surface area (Å²) in [7, 11) is 0. The molecule has 1 N–H and O–H groups in total. The highest BCUT2D eigenvalue weighted by atomic mass is 16.2. The Morgan fingerprint density at radius 3 is 2.26 bits per heavy atom. The van der Waals surface area contributed by atoms with Crippen LogP contribution in [0, 0.1) is 0 Å². The van der Waals surface area contributed by atoms with Crippen molar-refractivity contribution >= 4 is 23.3 Å². The third-order valence-corrected chi connectivity index (χ3v) is 4.52. The molecule has 0 aromatic heterocycles. The number of carbonyl (C=O) groups is 3. The van der Waals surface area contributed by atoms with Gasteiger partial charge in [0, 0.05) is 43.9 Å². The first-order chi connectivity index (χ1) is 11.0. The van der Waals surface area contributed by atoms with E-state index in [-0.39, 0.29) is 23.6 Å². The van der Waals surface area contributed by atoms with Crippen LogP contribution in [0.5, 0.6) is 0 Å². The summed E-state index contributed by atoms with van der Waals surface area (Å²) in [5, 5.41) is 2.73. The van der Waals surface area contributed by atoms with Crippen molar-refractivity contribution in [1.82, 2.24) is 10.2 Å². The number of benzene rings is 1. The summed E-state index contributed by atoms with van der Waals surface area (Å²) in [6, 6.07) is 7.23. The lowest BCUT2D eigenvalue weighted by Crippen LogP contribution is -2.53. The summed E-state index contributed by atoms with van der Waals surface area (Å²) in [4.78, 5) is 39.0. The number of anilines is 1. The second-order valence-electron chi connectivity index (χ2n) is 6.07. The largest absolute Gasteiger partial charge is 0.368 e. The van der Waals surface area contributed by atoms with E-state index in [0.29, 0.717) is 31.5 Å². The molecule has 2 aliphatic heterocycles. The van der Waals surface area contributed by atoms with Crippen molar-refractivity contribution in [1.29, 1.82) is 0 Å². The van der Waals surface area contributed by atoms with Crippen molar-refractivity contribution in [2.75, 3.05) is 31.1 Å². The molecule has 2 saturated heterocycles. The van der Waals surface area contributed by atoms with Gasteiger partial charge < -0.3 is 15.1 Å². The van der Waals surface area contributed by atoms with E-state index >= 15 is 0 Å². The molecular weight excluding hydrogens is 294 g/mol. The van der Waals surface area contributed by atoms with Gasteiger partial charge in [-0.25, -0.2) is 0 Å². The number of ketones is 1. The van der Waals surface area contributed by atoms with Crippen LogP contribution in [0.3, 0.4) is 0 Å². The number of hydrogen-bond donors (Lipinski definition) is 1. The van der Waals surface area contributed by atoms with Crippen LogP contribution in [0.4, 0.5) is 5.69 Å². The monoisotopic (exact) mass is 315 g/mol. The van der Waals surface area contributed by atoms with E-state index in [0.717, 1.165) is 18.8 Å². The van der Waals surface area contributed by atoms with Gasteiger partial charge in [0.1, 0.15) is 6.04 Å². The van der Waals surface area contributed by atoms with Gasteiger partial charge in [0.2, 0.25) is 11.8 Å². The Labute approximate surface area is 135 Å². The molecule has 1 atom stereocenters. The molecule has 2 aliphatic rings. The number of piperazine rings is 1. The molecule has 2 fully saturated rings. The molecule has 0 spiro atoms. The molecule has 3 rings (SSSR count). The van der Waals surface area contributed by atoms with E-state index in [1.165, 1.54) is 0 Å². The topological polar surface area (TPSA) is 69.7 Å². The van der Waals surface area contributed by atoms with Crippen molar-refractivity contribution in [2.45, 2.75) is 25.8 Å². The number of rotatable bonds is 3. The maximum absolute atomic E-state index is 12.4. The standard InChI is InChI=1S/C17H21N3O3/c1-12(21)13-2-4-14(5-3-13)19-8-10-20(11-9-19)17(23)15-6-7-16(22)18-15/h2-5,15H,6-11H2,1H3,(H,18,22). The Morgan fingerprint density at radius 2 is 1.74 bits per heavy atom. The Morgan fingerprint density at radius 1 is 1.09 bits per heavy atom. The van der Waals surface area contributed by atoms with Crippen molar-refractivity contribution in [3.8, 4) is 0 Å². The summed E-state index contributed by atoms with van der Waals surface area (Å²) in [6.07, 6.45) is 1.04.